The van der Waals surface area contributed by atoms with Crippen molar-refractivity contribution in [3.8, 4) is 11.8 Å². The lowest BCUT2D eigenvalue weighted by atomic mass is 9.96. The highest BCUT2D eigenvalue weighted by Crippen LogP contribution is 2.30. The minimum atomic E-state index is 0.308. The fourth-order valence-electron chi connectivity index (χ4n) is 1.47. The minimum absolute atomic E-state index is 0.308. The molecule has 0 N–H and O–H groups in total. The Morgan fingerprint density at radius 2 is 2.27 bits per heavy atom. The summed E-state index contributed by atoms with van der Waals surface area (Å²) in [5, 5.41) is 9.22. The second-order valence-corrected chi connectivity index (χ2v) is 3.89. The molecule has 1 atom stereocenters. The molecule has 0 aliphatic heterocycles. The van der Waals surface area contributed by atoms with E-state index in [1.165, 1.54) is 0 Å². The van der Waals surface area contributed by atoms with Crippen molar-refractivity contribution in [2.75, 3.05) is 7.11 Å². The average molecular weight is 224 g/mol. The maximum absolute atomic E-state index is 8.51. The summed E-state index contributed by atoms with van der Waals surface area (Å²) in [5.74, 6) is 1.07. The molecule has 1 rings (SSSR count). The SMILES string of the molecule is COc1ccc(C(C)CCC#N)c(Cl)c1. The van der Waals surface area contributed by atoms with Crippen molar-refractivity contribution in [1.29, 1.82) is 5.26 Å². The van der Waals surface area contributed by atoms with Crippen LogP contribution in [0.5, 0.6) is 5.75 Å². The Balaban J connectivity index is 2.81. The normalized spacial score (nSPS) is 11.9. The van der Waals surface area contributed by atoms with Crippen LogP contribution in [0, 0.1) is 11.3 Å². The Morgan fingerprint density at radius 1 is 1.53 bits per heavy atom. The average Bonchev–Trinajstić information content (AvgIpc) is 2.25. The zero-order valence-corrected chi connectivity index (χ0v) is 9.71. The third-order valence-electron chi connectivity index (χ3n) is 2.43. The van der Waals surface area contributed by atoms with Crippen molar-refractivity contribution in [3.05, 3.63) is 28.8 Å². The lowest BCUT2D eigenvalue weighted by Gasteiger charge is -2.12. The van der Waals surface area contributed by atoms with Gasteiger partial charge in [-0.15, -0.1) is 0 Å². The number of hydrogen-bond acceptors (Lipinski definition) is 2. The van der Waals surface area contributed by atoms with Gasteiger partial charge < -0.3 is 4.74 Å². The van der Waals surface area contributed by atoms with E-state index >= 15 is 0 Å². The van der Waals surface area contributed by atoms with Gasteiger partial charge in [0.1, 0.15) is 5.75 Å². The Morgan fingerprint density at radius 3 is 2.80 bits per heavy atom. The molecule has 0 fully saturated rings. The molecule has 0 saturated heterocycles. The summed E-state index contributed by atoms with van der Waals surface area (Å²) in [7, 11) is 1.62. The molecule has 3 heteroatoms. The van der Waals surface area contributed by atoms with E-state index in [4.69, 9.17) is 21.6 Å². The van der Waals surface area contributed by atoms with E-state index in [-0.39, 0.29) is 0 Å². The predicted octanol–water partition coefficient (Wildman–Crippen LogP) is 3.76. The molecule has 0 heterocycles. The number of benzene rings is 1. The summed E-state index contributed by atoms with van der Waals surface area (Å²) in [6.07, 6.45) is 1.39. The monoisotopic (exact) mass is 223 g/mol. The number of halogens is 1. The number of rotatable bonds is 4. The molecule has 1 unspecified atom stereocenters. The van der Waals surface area contributed by atoms with Crippen LogP contribution in [0.3, 0.4) is 0 Å². The van der Waals surface area contributed by atoms with Gasteiger partial charge in [0.2, 0.25) is 0 Å². The smallest absolute Gasteiger partial charge is 0.120 e. The molecular weight excluding hydrogens is 210 g/mol. The summed E-state index contributed by atoms with van der Waals surface area (Å²) in [6, 6.07) is 7.80. The molecule has 80 valence electrons. The largest absolute Gasteiger partial charge is 0.497 e. The first-order valence-electron chi connectivity index (χ1n) is 4.89. The van der Waals surface area contributed by atoms with Crippen LogP contribution < -0.4 is 4.74 Å². The summed E-state index contributed by atoms with van der Waals surface area (Å²) < 4.78 is 5.07. The molecule has 1 aromatic rings. The van der Waals surface area contributed by atoms with Gasteiger partial charge in [-0.1, -0.05) is 24.6 Å². The number of nitrogens with zero attached hydrogens (tertiary/aromatic N) is 1. The quantitative estimate of drug-likeness (QED) is 0.779. The van der Waals surface area contributed by atoms with E-state index in [9.17, 15) is 0 Å². The molecule has 0 spiro atoms. The van der Waals surface area contributed by atoms with Crippen LogP contribution in [0.15, 0.2) is 18.2 Å². The highest BCUT2D eigenvalue weighted by atomic mass is 35.5. The molecule has 0 amide bonds. The van der Waals surface area contributed by atoms with E-state index in [1.807, 2.05) is 12.1 Å². The topological polar surface area (TPSA) is 33.0 Å². The lowest BCUT2D eigenvalue weighted by molar-refractivity contribution is 0.414. The van der Waals surface area contributed by atoms with Crippen LogP contribution >= 0.6 is 11.6 Å². The highest BCUT2D eigenvalue weighted by Gasteiger charge is 2.10. The molecule has 15 heavy (non-hydrogen) atoms. The summed E-state index contributed by atoms with van der Waals surface area (Å²) in [5.41, 5.74) is 1.08. The van der Waals surface area contributed by atoms with E-state index in [0.717, 1.165) is 17.7 Å². The number of methoxy groups -OCH3 is 1. The lowest BCUT2D eigenvalue weighted by Crippen LogP contribution is -1.95. The minimum Gasteiger partial charge on any atom is -0.497 e. The Bertz CT molecular complexity index is 370. The van der Waals surface area contributed by atoms with Gasteiger partial charge in [0.05, 0.1) is 13.2 Å². The van der Waals surface area contributed by atoms with E-state index in [0.29, 0.717) is 17.4 Å². The van der Waals surface area contributed by atoms with Gasteiger partial charge in [0.25, 0.3) is 0 Å². The van der Waals surface area contributed by atoms with Gasteiger partial charge in [0, 0.05) is 11.4 Å². The zero-order chi connectivity index (χ0) is 11.3. The van der Waals surface area contributed by atoms with Crippen LogP contribution in [0.1, 0.15) is 31.2 Å². The maximum atomic E-state index is 8.51. The summed E-state index contributed by atoms with van der Waals surface area (Å²) in [4.78, 5) is 0. The van der Waals surface area contributed by atoms with Crippen molar-refractivity contribution < 1.29 is 4.74 Å². The molecule has 0 aromatic heterocycles. The second kappa shape index (κ2) is 5.63. The van der Waals surface area contributed by atoms with Crippen LogP contribution in [0.2, 0.25) is 5.02 Å². The molecule has 0 aliphatic carbocycles. The molecule has 1 aromatic carbocycles. The fourth-order valence-corrected chi connectivity index (χ4v) is 1.83. The Labute approximate surface area is 95.4 Å². The number of nitriles is 1. The van der Waals surface area contributed by atoms with Crippen molar-refractivity contribution in [1.82, 2.24) is 0 Å². The molecule has 0 radical (unpaired) electrons. The molecule has 0 aliphatic rings. The van der Waals surface area contributed by atoms with Gasteiger partial charge in [0.15, 0.2) is 0 Å². The second-order valence-electron chi connectivity index (χ2n) is 3.49. The van der Waals surface area contributed by atoms with Gasteiger partial charge >= 0.3 is 0 Å². The van der Waals surface area contributed by atoms with Crippen molar-refractivity contribution in [3.63, 3.8) is 0 Å². The van der Waals surface area contributed by atoms with Gasteiger partial charge in [-0.2, -0.15) is 5.26 Å². The molecular formula is C12H14ClNO. The zero-order valence-electron chi connectivity index (χ0n) is 8.96. The molecule has 2 nitrogen and oxygen atoms in total. The standard InChI is InChI=1S/C12H14ClNO/c1-9(4-3-7-14)11-6-5-10(15-2)8-12(11)13/h5-6,8-9H,3-4H2,1-2H3. The van der Waals surface area contributed by atoms with Crippen molar-refractivity contribution >= 4 is 11.6 Å². The van der Waals surface area contributed by atoms with E-state index < -0.39 is 0 Å². The Hall–Kier alpha value is -1.20. The maximum Gasteiger partial charge on any atom is 0.120 e. The number of ether oxygens (including phenoxy) is 1. The fraction of sp³-hybridized carbons (Fsp3) is 0.417. The third-order valence-corrected chi connectivity index (χ3v) is 2.76. The van der Waals surface area contributed by atoms with Crippen LogP contribution in [-0.4, -0.2) is 7.11 Å². The first-order chi connectivity index (χ1) is 7.19. The van der Waals surface area contributed by atoms with Crippen LogP contribution in [0.4, 0.5) is 0 Å². The Kier molecular flexibility index (Phi) is 4.45. The first kappa shape index (κ1) is 11.9. The van der Waals surface area contributed by atoms with E-state index in [2.05, 4.69) is 13.0 Å². The number of hydrogen-bond donors (Lipinski definition) is 0. The van der Waals surface area contributed by atoms with Crippen LogP contribution in [-0.2, 0) is 0 Å². The summed E-state index contributed by atoms with van der Waals surface area (Å²) >= 11 is 6.12. The summed E-state index contributed by atoms with van der Waals surface area (Å²) in [6.45, 7) is 2.07. The van der Waals surface area contributed by atoms with Gasteiger partial charge in [-0.05, 0) is 30.0 Å². The highest BCUT2D eigenvalue weighted by molar-refractivity contribution is 6.31. The van der Waals surface area contributed by atoms with E-state index in [1.54, 1.807) is 13.2 Å². The van der Waals surface area contributed by atoms with Crippen molar-refractivity contribution in [2.24, 2.45) is 0 Å². The third kappa shape index (κ3) is 3.14. The van der Waals surface area contributed by atoms with Gasteiger partial charge in [-0.3, -0.25) is 0 Å². The van der Waals surface area contributed by atoms with Crippen molar-refractivity contribution in [2.45, 2.75) is 25.7 Å². The van der Waals surface area contributed by atoms with Crippen LogP contribution in [0.25, 0.3) is 0 Å². The van der Waals surface area contributed by atoms with Gasteiger partial charge in [-0.25, -0.2) is 0 Å². The predicted molar refractivity (Wildman–Crippen MR) is 61.3 cm³/mol. The molecule has 0 bridgehead atoms. The first-order valence-corrected chi connectivity index (χ1v) is 5.27. The molecule has 0 saturated carbocycles.